The Morgan fingerprint density at radius 2 is 1.87 bits per heavy atom. The number of amides is 1. The van der Waals surface area contributed by atoms with Crippen molar-refractivity contribution in [3.05, 3.63) is 64.7 Å². The topological polar surface area (TPSA) is 83.9 Å². The van der Waals surface area contributed by atoms with Crippen molar-refractivity contribution >= 4 is 17.2 Å². The first-order valence-corrected chi connectivity index (χ1v) is 13.6. The van der Waals surface area contributed by atoms with E-state index in [1.54, 1.807) is 32.0 Å². The van der Waals surface area contributed by atoms with Gasteiger partial charge in [-0.2, -0.15) is 0 Å². The van der Waals surface area contributed by atoms with E-state index in [-0.39, 0.29) is 29.8 Å². The van der Waals surface area contributed by atoms with Crippen molar-refractivity contribution in [3.8, 4) is 22.1 Å². The number of halogens is 2. The second-order valence-electron chi connectivity index (χ2n) is 10.2. The highest BCUT2D eigenvalue weighted by molar-refractivity contribution is 7.13. The minimum absolute atomic E-state index is 0.0361. The number of carbonyl (C=O) groups is 1. The zero-order chi connectivity index (χ0) is 26.9. The Labute approximate surface area is 224 Å². The highest BCUT2D eigenvalue weighted by Gasteiger charge is 2.37. The Morgan fingerprint density at radius 3 is 2.61 bits per heavy atom. The highest BCUT2D eigenvalue weighted by atomic mass is 32.1. The third-order valence-corrected chi connectivity index (χ3v) is 8.01. The first kappa shape index (κ1) is 26.5. The van der Waals surface area contributed by atoms with Gasteiger partial charge >= 0.3 is 0 Å². The monoisotopic (exact) mass is 543 g/mol. The number of nitrogens with one attached hydrogen (secondary N) is 1. The fourth-order valence-corrected chi connectivity index (χ4v) is 5.75. The van der Waals surface area contributed by atoms with Crippen molar-refractivity contribution in [1.29, 1.82) is 0 Å². The molecule has 2 aliphatic rings. The average molecular weight is 544 g/mol. The molecule has 5 rings (SSSR count). The molecule has 38 heavy (non-hydrogen) atoms. The molecule has 0 unspecified atom stereocenters. The van der Waals surface area contributed by atoms with Gasteiger partial charge in [-0.15, -0.1) is 11.3 Å². The smallest absolute Gasteiger partial charge is 0.232 e. The number of likely N-dealkylation sites (tertiary alicyclic amines) is 1. The molecule has 0 aliphatic carbocycles. The van der Waals surface area contributed by atoms with Crippen molar-refractivity contribution in [2.45, 2.75) is 44.2 Å². The molecule has 7 nitrogen and oxygen atoms in total. The Bertz CT molecular complexity index is 1290. The maximum Gasteiger partial charge on any atom is 0.232 e. The summed E-state index contributed by atoms with van der Waals surface area (Å²) in [5.74, 6) is -0.972. The first-order chi connectivity index (χ1) is 18.2. The molecule has 1 fully saturated rings. The summed E-state index contributed by atoms with van der Waals surface area (Å²) in [4.78, 5) is 20.5. The van der Waals surface area contributed by atoms with Crippen LogP contribution in [0.25, 0.3) is 10.6 Å². The lowest BCUT2D eigenvalue weighted by atomic mass is 9.88. The molecule has 1 amide bonds. The predicted molar refractivity (Wildman–Crippen MR) is 140 cm³/mol. The van der Waals surface area contributed by atoms with Crippen molar-refractivity contribution in [3.63, 3.8) is 0 Å². The molecular formula is C28H31F2N3O4S. The summed E-state index contributed by atoms with van der Waals surface area (Å²) in [5.41, 5.74) is 0.623. The number of aromatic nitrogens is 1. The largest absolute Gasteiger partial charge is 0.486 e. The molecule has 2 atom stereocenters. The van der Waals surface area contributed by atoms with Crippen LogP contribution in [0.15, 0.2) is 41.8 Å². The van der Waals surface area contributed by atoms with Gasteiger partial charge in [0.05, 0.1) is 17.2 Å². The molecule has 202 valence electrons. The molecule has 3 heterocycles. The Kier molecular flexibility index (Phi) is 7.65. The van der Waals surface area contributed by atoms with Crippen LogP contribution in [-0.4, -0.2) is 59.8 Å². The second-order valence-corrected chi connectivity index (χ2v) is 11.1. The molecule has 3 aromatic rings. The van der Waals surface area contributed by atoms with Crippen LogP contribution in [-0.2, 0) is 10.2 Å². The van der Waals surface area contributed by atoms with Crippen molar-refractivity contribution in [2.24, 2.45) is 0 Å². The SMILES string of the molecule is CC(C)(C(=O)N[C@H](CN1CCCC1)[C@H](O)c1cc(F)c2c(c1)OCCO2)c1csc(-c2ccc(F)cc2)n1. The second kappa shape index (κ2) is 11.0. The number of hydrogen-bond donors (Lipinski definition) is 2. The average Bonchev–Trinajstić information content (AvgIpc) is 3.61. The summed E-state index contributed by atoms with van der Waals surface area (Å²) in [5, 5.41) is 16.9. The van der Waals surface area contributed by atoms with Gasteiger partial charge in [0.15, 0.2) is 17.3 Å². The van der Waals surface area contributed by atoms with E-state index in [9.17, 15) is 18.7 Å². The zero-order valence-corrected chi connectivity index (χ0v) is 22.2. The Morgan fingerprint density at radius 1 is 1.16 bits per heavy atom. The molecule has 1 aromatic heterocycles. The lowest BCUT2D eigenvalue weighted by Crippen LogP contribution is -2.51. The summed E-state index contributed by atoms with van der Waals surface area (Å²) < 4.78 is 39.0. The van der Waals surface area contributed by atoms with Crippen LogP contribution in [0.1, 0.15) is 44.1 Å². The summed E-state index contributed by atoms with van der Waals surface area (Å²) in [6.45, 7) is 6.24. The Balaban J connectivity index is 1.38. The lowest BCUT2D eigenvalue weighted by molar-refractivity contribution is -0.127. The van der Waals surface area contributed by atoms with E-state index in [2.05, 4.69) is 15.2 Å². The number of thiazole rings is 1. The third kappa shape index (κ3) is 5.52. The van der Waals surface area contributed by atoms with Crippen LogP contribution in [0, 0.1) is 11.6 Å². The number of aliphatic hydroxyl groups is 1. The fraction of sp³-hybridized carbons (Fsp3) is 0.429. The van der Waals surface area contributed by atoms with Gasteiger partial charge in [0, 0.05) is 17.5 Å². The molecule has 2 aliphatic heterocycles. The van der Waals surface area contributed by atoms with Crippen LogP contribution in [0.3, 0.4) is 0 Å². The van der Waals surface area contributed by atoms with Crippen LogP contribution in [0.2, 0.25) is 0 Å². The Hall–Kier alpha value is -3.08. The van der Waals surface area contributed by atoms with Gasteiger partial charge < -0.3 is 24.8 Å². The number of aliphatic hydroxyl groups excluding tert-OH is 1. The number of rotatable bonds is 8. The van der Waals surface area contributed by atoms with Crippen LogP contribution in [0.5, 0.6) is 11.5 Å². The van der Waals surface area contributed by atoms with Gasteiger partial charge in [-0.25, -0.2) is 13.8 Å². The molecule has 0 radical (unpaired) electrons. The van der Waals surface area contributed by atoms with Crippen LogP contribution < -0.4 is 14.8 Å². The molecule has 10 heteroatoms. The number of ether oxygens (including phenoxy) is 2. The van der Waals surface area contributed by atoms with Gasteiger partial charge in [0.25, 0.3) is 0 Å². The summed E-state index contributed by atoms with van der Waals surface area (Å²) in [6, 6.07) is 8.17. The quantitative estimate of drug-likeness (QED) is 0.437. The van der Waals surface area contributed by atoms with Crippen molar-refractivity contribution < 1.29 is 28.2 Å². The highest BCUT2D eigenvalue weighted by Crippen LogP contribution is 2.37. The number of benzene rings is 2. The third-order valence-electron chi connectivity index (χ3n) is 7.12. The summed E-state index contributed by atoms with van der Waals surface area (Å²) >= 11 is 1.38. The van der Waals surface area contributed by atoms with E-state index in [0.29, 0.717) is 29.4 Å². The molecule has 1 saturated heterocycles. The molecule has 0 saturated carbocycles. The fourth-order valence-electron chi connectivity index (χ4n) is 4.75. The van der Waals surface area contributed by atoms with Gasteiger partial charge in [-0.05, 0) is 81.7 Å². The minimum Gasteiger partial charge on any atom is -0.486 e. The standard InChI is InChI=1S/C28H31F2N3O4S/c1-28(2,23-16-38-26(32-23)17-5-7-19(29)8-6-17)27(35)31-21(15-33-9-3-4-10-33)24(34)18-13-20(30)25-22(14-18)36-11-12-37-25/h5-8,13-14,16,21,24,34H,3-4,9-12,15H2,1-2H3,(H,31,35)/t21-,24-/m1/s1. The van der Waals surface area contributed by atoms with Crippen LogP contribution in [0.4, 0.5) is 8.78 Å². The van der Waals surface area contributed by atoms with Gasteiger partial charge in [-0.1, -0.05) is 0 Å². The maximum absolute atomic E-state index is 14.8. The molecular weight excluding hydrogens is 512 g/mol. The van der Waals surface area contributed by atoms with E-state index in [1.807, 2.05) is 5.38 Å². The van der Waals surface area contributed by atoms with E-state index in [4.69, 9.17) is 9.47 Å². The predicted octanol–water partition coefficient (Wildman–Crippen LogP) is 4.45. The van der Waals surface area contributed by atoms with Gasteiger partial charge in [0.1, 0.15) is 30.1 Å². The summed E-state index contributed by atoms with van der Waals surface area (Å²) in [6.07, 6.45) is 0.920. The molecule has 2 aromatic carbocycles. The number of hydrogen-bond acceptors (Lipinski definition) is 7. The number of nitrogens with zero attached hydrogens (tertiary/aromatic N) is 2. The van der Waals surface area contributed by atoms with Crippen LogP contribution >= 0.6 is 11.3 Å². The van der Waals surface area contributed by atoms with Gasteiger partial charge in [0.2, 0.25) is 5.91 Å². The maximum atomic E-state index is 14.8. The molecule has 0 bridgehead atoms. The number of carbonyl (C=O) groups excluding carboxylic acids is 1. The van der Waals surface area contributed by atoms with E-state index in [1.165, 1.54) is 29.5 Å². The van der Waals surface area contributed by atoms with E-state index >= 15 is 0 Å². The molecule has 0 spiro atoms. The van der Waals surface area contributed by atoms with E-state index < -0.39 is 23.4 Å². The molecule has 2 N–H and O–H groups in total. The van der Waals surface area contributed by atoms with Crippen molar-refractivity contribution in [1.82, 2.24) is 15.2 Å². The van der Waals surface area contributed by atoms with Gasteiger partial charge in [-0.3, -0.25) is 4.79 Å². The number of fused-ring (bicyclic) bond motifs is 1. The normalized spacial score (nSPS) is 17.3. The lowest BCUT2D eigenvalue weighted by Gasteiger charge is -2.32. The minimum atomic E-state index is -1.18. The zero-order valence-electron chi connectivity index (χ0n) is 21.4. The van der Waals surface area contributed by atoms with E-state index in [0.717, 1.165) is 31.5 Å². The first-order valence-electron chi connectivity index (χ1n) is 12.7. The van der Waals surface area contributed by atoms with Crippen molar-refractivity contribution in [2.75, 3.05) is 32.8 Å². The summed E-state index contributed by atoms with van der Waals surface area (Å²) in [7, 11) is 0.